The Morgan fingerprint density at radius 1 is 0.610 bits per heavy atom. The number of fused-ring (bicyclic) bond motifs is 6. The SMILES string of the molecule is C=CCCC(=O)C(=O)[C@@H]1CCCCCCCOC[C@H](CC(=O)C[C@H](CN(C)S(=O)(=O)CC)C(C)(C)C)C(=O)N2C[C@H]3[C@@H]([C@H]2C(=O)C1)C3(C)C.C=CCCC(=O)C(=O)[C@@H]1CCCCCCCOC[C@H](CC(=O)OC(C)(C)C)C(=O)N2C[C@H]3[C@@H]([C@H]2C(=O)C1)C3(C)C.CCS(=O)(=O)N(C)C[C@@H](N=C=O)C(C)(C)C. The number of piperidine rings is 2. The van der Waals surface area contributed by atoms with Crippen LogP contribution in [0.1, 0.15) is 239 Å². The second kappa shape index (κ2) is 40.4. The Kier molecular flexibility index (Phi) is 35.4. The van der Waals surface area contributed by atoms with Gasteiger partial charge in [0.05, 0.1) is 61.1 Å². The molecule has 0 aromatic carbocycles. The van der Waals surface area contributed by atoms with E-state index in [4.69, 9.17) is 14.2 Å². The molecular formula is C80H131N5O18S2. The Hall–Kier alpha value is -5.30. The third-order valence-corrected chi connectivity index (χ3v) is 26.5. The zero-order chi connectivity index (χ0) is 79.4. The minimum absolute atomic E-state index is 0.00171. The first-order chi connectivity index (χ1) is 48.8. The Bertz CT molecular complexity index is 3320. The summed E-state index contributed by atoms with van der Waals surface area (Å²) in [5.41, 5.74) is -1.54. The van der Waals surface area contributed by atoms with Gasteiger partial charge < -0.3 is 24.0 Å². The number of ketones is 7. The first kappa shape index (κ1) is 92.1. The molecule has 4 heterocycles. The molecule has 12 atom stereocenters. The number of carbonyl (C=O) groups is 10. The minimum Gasteiger partial charge on any atom is -0.460 e. The van der Waals surface area contributed by atoms with Crippen molar-refractivity contribution in [2.45, 2.75) is 262 Å². The summed E-state index contributed by atoms with van der Waals surface area (Å²) < 4.78 is 68.1. The van der Waals surface area contributed by atoms with Gasteiger partial charge in [-0.2, -0.15) is 0 Å². The number of sulfonamides is 2. The lowest BCUT2D eigenvalue weighted by Crippen LogP contribution is -2.49. The average molecular weight is 1520 g/mol. The number of carbonyl (C=O) groups excluding carboxylic acids is 11. The van der Waals surface area contributed by atoms with Crippen LogP contribution in [-0.2, 0) is 87.0 Å². The first-order valence-corrected chi connectivity index (χ1v) is 41.9. The van der Waals surface area contributed by atoms with Crippen LogP contribution in [0.25, 0.3) is 0 Å². The van der Waals surface area contributed by atoms with Gasteiger partial charge in [0.1, 0.15) is 11.4 Å². The quantitative estimate of drug-likeness (QED) is 0.0269. The lowest BCUT2D eigenvalue weighted by atomic mass is 9.77. The van der Waals surface area contributed by atoms with Crippen LogP contribution in [0.5, 0.6) is 0 Å². The molecule has 25 heteroatoms. The van der Waals surface area contributed by atoms with Gasteiger partial charge in [-0.1, -0.05) is 133 Å². The summed E-state index contributed by atoms with van der Waals surface area (Å²) in [7, 11) is -3.63. The summed E-state index contributed by atoms with van der Waals surface area (Å²) in [6.07, 6.45) is 15.1. The molecule has 4 aliphatic heterocycles. The molecule has 0 bridgehead atoms. The predicted molar refractivity (Wildman–Crippen MR) is 405 cm³/mol. The van der Waals surface area contributed by atoms with E-state index in [1.54, 1.807) is 56.6 Å². The lowest BCUT2D eigenvalue weighted by Gasteiger charge is -2.35. The molecule has 23 nitrogen and oxygen atoms in total. The second-order valence-corrected chi connectivity index (χ2v) is 39.4. The number of amides is 2. The van der Waals surface area contributed by atoms with E-state index >= 15 is 0 Å². The van der Waals surface area contributed by atoms with Crippen molar-refractivity contribution in [3.8, 4) is 0 Å². The van der Waals surface area contributed by atoms with Gasteiger partial charge in [0.2, 0.25) is 49.5 Å². The summed E-state index contributed by atoms with van der Waals surface area (Å²) in [6.45, 7) is 38.2. The van der Waals surface area contributed by atoms with Crippen LogP contribution in [0.4, 0.5) is 0 Å². The molecule has 6 rings (SSSR count). The van der Waals surface area contributed by atoms with E-state index in [1.165, 1.54) is 28.8 Å². The van der Waals surface area contributed by atoms with E-state index in [-0.39, 0.29) is 169 Å². The van der Waals surface area contributed by atoms with E-state index in [0.29, 0.717) is 52.0 Å². The number of hydrogen-bond acceptors (Lipinski definition) is 19. The molecule has 0 radical (unpaired) electrons. The molecule has 596 valence electrons. The molecule has 0 spiro atoms. The van der Waals surface area contributed by atoms with Crippen LogP contribution < -0.4 is 0 Å². The maximum atomic E-state index is 14.4. The van der Waals surface area contributed by atoms with Gasteiger partial charge in [-0.3, -0.25) is 47.9 Å². The number of likely N-dealkylation sites (N-methyl/N-ethyl adjacent to an activating group) is 1. The summed E-state index contributed by atoms with van der Waals surface area (Å²) >= 11 is 0. The van der Waals surface area contributed by atoms with E-state index < -0.39 is 90.5 Å². The monoisotopic (exact) mass is 1510 g/mol. The number of hydrogen-bond donors (Lipinski definition) is 0. The third-order valence-electron chi connectivity index (χ3n) is 22.8. The molecule has 0 N–H and O–H groups in total. The molecule has 4 saturated heterocycles. The summed E-state index contributed by atoms with van der Waals surface area (Å²) in [5.74, 6) is -6.34. The van der Waals surface area contributed by atoms with Crippen molar-refractivity contribution < 1.29 is 83.8 Å². The Balaban J connectivity index is 0.000000373. The van der Waals surface area contributed by atoms with Crippen LogP contribution in [0, 0.1) is 74.9 Å². The molecule has 6 aliphatic rings. The number of nitrogens with zero attached hydrogens (tertiary/aromatic N) is 5. The molecule has 0 aromatic heterocycles. The van der Waals surface area contributed by atoms with Crippen LogP contribution >= 0.6 is 0 Å². The van der Waals surface area contributed by atoms with Crippen molar-refractivity contribution in [3.05, 3.63) is 25.3 Å². The van der Waals surface area contributed by atoms with Crippen molar-refractivity contribution in [2.75, 3.05) is 78.2 Å². The maximum Gasteiger partial charge on any atom is 0.307 e. The molecular weight excluding hydrogens is 1380 g/mol. The van der Waals surface area contributed by atoms with Crippen molar-refractivity contribution in [1.82, 2.24) is 18.4 Å². The predicted octanol–water partition coefficient (Wildman–Crippen LogP) is 11.3. The standard InChI is InChI=1S/C38H62N2O8S.C32H49NO7.C10H20N2O3S/c1-9-11-18-31(42)35(44)26-17-15-13-12-14-16-19-48-25-27(36(45)40-24-30-33(38(30,6)7)34(40)32(43)21-26)20-29(41)22-28(37(3,4)5)23-39(8)49(46,47)10-2;1-7-8-15-24(34)29(37)21-14-12-10-9-11-13-16-39-20-22(18-26(36)40-31(2,3)4)30(38)33-19-23-27(32(23,5)6)28(33)25(35)17-21;1-6-16(14,15)12(5)7-9(11-8-13)10(2,3)4/h9,26-28,30,33-34H,1,10-25H2,2-8H3;7,21-23,27-28H,1,8-20H2,2-6H3;9H,6-7H2,1-5H3/t26-,27+,28-,30+,33+,34-;21-,22+,23+,27+,28-;9-/m111/s1. The molecule has 2 saturated carbocycles. The van der Waals surface area contributed by atoms with E-state index in [9.17, 15) is 69.6 Å². The van der Waals surface area contributed by atoms with Crippen molar-refractivity contribution in [3.63, 3.8) is 0 Å². The number of allylic oxidation sites excluding steroid dienone is 2. The number of esters is 1. The molecule has 105 heavy (non-hydrogen) atoms. The highest BCUT2D eigenvalue weighted by molar-refractivity contribution is 7.89. The highest BCUT2D eigenvalue weighted by Crippen LogP contribution is 2.66. The number of aliphatic imine (C=N–C) groups is 1. The largest absolute Gasteiger partial charge is 0.460 e. The second-order valence-electron chi connectivity index (χ2n) is 34.7. The smallest absolute Gasteiger partial charge is 0.307 e. The van der Waals surface area contributed by atoms with Gasteiger partial charge in [0.25, 0.3) is 0 Å². The molecule has 0 unspecified atom stereocenters. The van der Waals surface area contributed by atoms with Gasteiger partial charge in [-0.25, -0.2) is 35.2 Å². The highest BCUT2D eigenvalue weighted by atomic mass is 32.2. The Morgan fingerprint density at radius 3 is 1.37 bits per heavy atom. The van der Waals surface area contributed by atoms with Crippen LogP contribution in [0.3, 0.4) is 0 Å². The normalized spacial score (nSPS) is 26.5. The fourth-order valence-corrected chi connectivity index (χ4v) is 17.2. The topological polar surface area (TPSA) is 309 Å². The van der Waals surface area contributed by atoms with Gasteiger partial charge in [0, 0.05) is 104 Å². The van der Waals surface area contributed by atoms with Gasteiger partial charge >= 0.3 is 5.97 Å². The maximum absolute atomic E-state index is 14.4. The average Bonchev–Trinajstić information content (AvgIpc) is 1.53. The van der Waals surface area contributed by atoms with E-state index in [1.807, 2.05) is 41.5 Å². The van der Waals surface area contributed by atoms with Crippen molar-refractivity contribution >= 4 is 84.4 Å². The van der Waals surface area contributed by atoms with E-state index in [0.717, 1.165) is 64.2 Å². The Morgan fingerprint density at radius 2 is 1.00 bits per heavy atom. The number of isocyanates is 1. The van der Waals surface area contributed by atoms with Crippen LogP contribution in [0.2, 0.25) is 0 Å². The summed E-state index contributed by atoms with van der Waals surface area (Å²) in [6, 6.07) is -1.76. The number of Topliss-reactive ketones (excluding diaryl/α,β-unsaturated/α-hetero) is 7. The lowest BCUT2D eigenvalue weighted by molar-refractivity contribution is -0.160. The molecule has 6 fully saturated rings. The Labute approximate surface area is 629 Å². The molecule has 0 aromatic rings. The number of rotatable bonds is 25. The minimum atomic E-state index is -3.44. The number of ether oxygens (including phenoxy) is 3. The van der Waals surface area contributed by atoms with Gasteiger partial charge in [-0.15, -0.1) is 13.2 Å². The first-order valence-electron chi connectivity index (χ1n) is 38.6. The van der Waals surface area contributed by atoms with E-state index in [2.05, 4.69) is 45.8 Å². The fourth-order valence-electron chi connectivity index (χ4n) is 15.6. The van der Waals surface area contributed by atoms with Crippen LogP contribution in [0.15, 0.2) is 30.3 Å². The van der Waals surface area contributed by atoms with Gasteiger partial charge in [-0.05, 0) is 124 Å². The zero-order valence-corrected chi connectivity index (χ0v) is 68.5. The molecule has 2 amide bonds. The van der Waals surface area contributed by atoms with Gasteiger partial charge in [0.15, 0.2) is 23.1 Å². The third kappa shape index (κ3) is 27.1. The van der Waals surface area contributed by atoms with Crippen molar-refractivity contribution in [1.29, 1.82) is 0 Å². The zero-order valence-electron chi connectivity index (χ0n) is 66.8. The highest BCUT2D eigenvalue weighted by Gasteiger charge is 2.70. The molecule has 2 aliphatic carbocycles. The van der Waals surface area contributed by atoms with Crippen LogP contribution in [-0.4, -0.2) is 202 Å². The fraction of sp³-hybridized carbons (Fsp3) is 0.812. The summed E-state index contributed by atoms with van der Waals surface area (Å²) in [5, 5.41) is 0. The summed E-state index contributed by atoms with van der Waals surface area (Å²) in [4.78, 5) is 152. The van der Waals surface area contributed by atoms with Crippen molar-refractivity contribution in [2.24, 2.45) is 79.9 Å².